The van der Waals surface area contributed by atoms with Crippen LogP contribution in [-0.4, -0.2) is 51.3 Å². The van der Waals surface area contributed by atoms with Crippen LogP contribution >= 0.6 is 0 Å². The molecule has 2 heterocycles. The molecule has 0 aromatic carbocycles. The topological polar surface area (TPSA) is 108 Å². The summed E-state index contributed by atoms with van der Waals surface area (Å²) in [6.45, 7) is 2.91. The zero-order valence-corrected chi connectivity index (χ0v) is 15.2. The molecule has 25 heavy (non-hydrogen) atoms. The van der Waals surface area contributed by atoms with Crippen molar-refractivity contribution < 1.29 is 5.11 Å². The first-order valence-corrected chi connectivity index (χ1v) is 8.99. The molecule has 8 heteroatoms. The smallest absolute Gasteiger partial charge is 0.225 e. The third kappa shape index (κ3) is 3.73. The molecule has 136 valence electrons. The van der Waals surface area contributed by atoms with Crippen LogP contribution in [0.25, 0.3) is 11.0 Å². The highest BCUT2D eigenvalue weighted by atomic mass is 16.3. The SMILES string of the molecule is CCCNc1nc(NC)nc2c(CCC3(O)CCC3)nc(NC)nc12. The van der Waals surface area contributed by atoms with Crippen molar-refractivity contribution in [1.29, 1.82) is 0 Å². The molecule has 3 rings (SSSR count). The summed E-state index contributed by atoms with van der Waals surface area (Å²) in [5, 5.41) is 19.8. The second-order valence-electron chi connectivity index (χ2n) is 6.59. The van der Waals surface area contributed by atoms with Crippen LogP contribution in [-0.2, 0) is 6.42 Å². The van der Waals surface area contributed by atoms with Crippen LogP contribution in [0.1, 0.15) is 44.7 Å². The van der Waals surface area contributed by atoms with Gasteiger partial charge in [0.2, 0.25) is 11.9 Å². The van der Waals surface area contributed by atoms with Crippen LogP contribution in [0, 0.1) is 0 Å². The van der Waals surface area contributed by atoms with E-state index < -0.39 is 5.60 Å². The number of aryl methyl sites for hydroxylation is 1. The van der Waals surface area contributed by atoms with Gasteiger partial charge in [-0.3, -0.25) is 0 Å². The average Bonchev–Trinajstić information content (AvgIpc) is 2.62. The Morgan fingerprint density at radius 2 is 1.68 bits per heavy atom. The summed E-state index contributed by atoms with van der Waals surface area (Å²) in [5.41, 5.74) is 1.74. The molecule has 0 radical (unpaired) electrons. The van der Waals surface area contributed by atoms with E-state index in [2.05, 4.69) is 42.8 Å². The molecule has 0 amide bonds. The van der Waals surface area contributed by atoms with Crippen molar-refractivity contribution in [1.82, 2.24) is 19.9 Å². The zero-order chi connectivity index (χ0) is 17.9. The Hall–Kier alpha value is -2.22. The minimum Gasteiger partial charge on any atom is -0.390 e. The first-order chi connectivity index (χ1) is 12.1. The van der Waals surface area contributed by atoms with Gasteiger partial charge in [0.05, 0.1) is 11.3 Å². The summed E-state index contributed by atoms with van der Waals surface area (Å²) in [5.74, 6) is 1.79. The molecule has 2 aromatic rings. The third-order valence-corrected chi connectivity index (χ3v) is 4.72. The minimum absolute atomic E-state index is 0.538. The molecule has 0 bridgehead atoms. The lowest BCUT2D eigenvalue weighted by atomic mass is 9.77. The van der Waals surface area contributed by atoms with Gasteiger partial charge in [-0.15, -0.1) is 0 Å². The van der Waals surface area contributed by atoms with Crippen molar-refractivity contribution in [2.24, 2.45) is 0 Å². The number of nitrogens with one attached hydrogen (secondary N) is 3. The Morgan fingerprint density at radius 1 is 1.00 bits per heavy atom. The van der Waals surface area contributed by atoms with E-state index in [1.165, 1.54) is 0 Å². The van der Waals surface area contributed by atoms with Gasteiger partial charge in [0.1, 0.15) is 11.0 Å². The number of fused-ring (bicyclic) bond motifs is 1. The molecule has 4 N–H and O–H groups in total. The molecule has 1 aliphatic rings. The van der Waals surface area contributed by atoms with Gasteiger partial charge >= 0.3 is 0 Å². The standard InChI is InChI=1S/C17H27N7O/c1-4-10-20-14-13-12(22-16(19-3)24-14)11(21-15(18-2)23-13)6-9-17(25)7-5-8-17/h25H,4-10H2,1-3H3,(H,18,21,23)(H2,19,20,22,24). The largest absolute Gasteiger partial charge is 0.390 e. The second kappa shape index (κ2) is 7.35. The number of nitrogens with zero attached hydrogens (tertiary/aromatic N) is 4. The lowest BCUT2D eigenvalue weighted by Gasteiger charge is -2.36. The summed E-state index contributed by atoms with van der Waals surface area (Å²) in [6, 6.07) is 0. The molecule has 0 atom stereocenters. The van der Waals surface area contributed by atoms with Crippen LogP contribution in [0.15, 0.2) is 0 Å². The van der Waals surface area contributed by atoms with E-state index in [4.69, 9.17) is 0 Å². The van der Waals surface area contributed by atoms with Crippen molar-refractivity contribution in [3.05, 3.63) is 5.69 Å². The Morgan fingerprint density at radius 3 is 2.28 bits per heavy atom. The third-order valence-electron chi connectivity index (χ3n) is 4.72. The van der Waals surface area contributed by atoms with E-state index >= 15 is 0 Å². The quantitative estimate of drug-likeness (QED) is 0.576. The van der Waals surface area contributed by atoms with Crippen LogP contribution in [0.4, 0.5) is 17.7 Å². The van der Waals surface area contributed by atoms with Crippen LogP contribution in [0.3, 0.4) is 0 Å². The maximum Gasteiger partial charge on any atom is 0.225 e. The number of aliphatic hydroxyl groups is 1. The van der Waals surface area contributed by atoms with Crippen molar-refractivity contribution in [2.75, 3.05) is 36.6 Å². The molecule has 0 unspecified atom stereocenters. The summed E-state index contributed by atoms with van der Waals surface area (Å²) >= 11 is 0. The second-order valence-corrected chi connectivity index (χ2v) is 6.59. The lowest BCUT2D eigenvalue weighted by Crippen LogP contribution is -2.37. The Bertz CT molecular complexity index is 745. The van der Waals surface area contributed by atoms with Gasteiger partial charge in [-0.2, -0.15) is 4.98 Å². The number of rotatable bonds is 8. The predicted molar refractivity (Wildman–Crippen MR) is 100 cm³/mol. The Kier molecular flexibility index (Phi) is 5.17. The maximum absolute atomic E-state index is 10.4. The van der Waals surface area contributed by atoms with Crippen molar-refractivity contribution in [3.8, 4) is 0 Å². The van der Waals surface area contributed by atoms with Gasteiger partial charge in [0.25, 0.3) is 0 Å². The molecule has 0 aliphatic heterocycles. The van der Waals surface area contributed by atoms with Gasteiger partial charge in [0, 0.05) is 20.6 Å². The monoisotopic (exact) mass is 345 g/mol. The van der Waals surface area contributed by atoms with Crippen LogP contribution < -0.4 is 16.0 Å². The van der Waals surface area contributed by atoms with E-state index in [1.807, 2.05) is 0 Å². The zero-order valence-electron chi connectivity index (χ0n) is 15.2. The Balaban J connectivity index is 2.03. The number of hydrogen-bond donors (Lipinski definition) is 4. The molecule has 1 aliphatic carbocycles. The molecule has 0 saturated heterocycles. The van der Waals surface area contributed by atoms with E-state index in [1.54, 1.807) is 14.1 Å². The number of hydrogen-bond acceptors (Lipinski definition) is 8. The van der Waals surface area contributed by atoms with Gasteiger partial charge in [-0.1, -0.05) is 6.92 Å². The first kappa shape index (κ1) is 17.6. The van der Waals surface area contributed by atoms with E-state index in [0.29, 0.717) is 36.1 Å². The normalized spacial score (nSPS) is 15.7. The number of aromatic nitrogens is 4. The summed E-state index contributed by atoms with van der Waals surface area (Å²) in [6.07, 6.45) is 5.19. The average molecular weight is 345 g/mol. The summed E-state index contributed by atoms with van der Waals surface area (Å²) in [4.78, 5) is 18.3. The first-order valence-electron chi connectivity index (χ1n) is 8.99. The fourth-order valence-electron chi connectivity index (χ4n) is 3.02. The maximum atomic E-state index is 10.4. The minimum atomic E-state index is -0.542. The highest BCUT2D eigenvalue weighted by Crippen LogP contribution is 2.36. The lowest BCUT2D eigenvalue weighted by molar-refractivity contribution is -0.0398. The highest BCUT2D eigenvalue weighted by molar-refractivity contribution is 5.88. The molecule has 1 fully saturated rings. The van der Waals surface area contributed by atoms with Crippen LogP contribution in [0.5, 0.6) is 0 Å². The fraction of sp³-hybridized carbons (Fsp3) is 0.647. The van der Waals surface area contributed by atoms with Gasteiger partial charge in [-0.05, 0) is 38.5 Å². The highest BCUT2D eigenvalue weighted by Gasteiger charge is 2.34. The van der Waals surface area contributed by atoms with Crippen molar-refractivity contribution in [2.45, 2.75) is 51.0 Å². The fourth-order valence-corrected chi connectivity index (χ4v) is 3.02. The molecular weight excluding hydrogens is 318 g/mol. The van der Waals surface area contributed by atoms with Crippen molar-refractivity contribution in [3.63, 3.8) is 0 Å². The van der Waals surface area contributed by atoms with E-state index in [9.17, 15) is 5.11 Å². The molecular formula is C17H27N7O. The molecule has 0 spiro atoms. The van der Waals surface area contributed by atoms with Gasteiger partial charge in [0.15, 0.2) is 5.82 Å². The van der Waals surface area contributed by atoms with Crippen molar-refractivity contribution >= 4 is 28.7 Å². The molecule has 1 saturated carbocycles. The predicted octanol–water partition coefficient (Wildman–Crippen LogP) is 2.17. The summed E-state index contributed by atoms with van der Waals surface area (Å²) < 4.78 is 0. The van der Waals surface area contributed by atoms with Gasteiger partial charge < -0.3 is 21.1 Å². The van der Waals surface area contributed by atoms with E-state index in [-0.39, 0.29) is 0 Å². The molecule has 8 nitrogen and oxygen atoms in total. The van der Waals surface area contributed by atoms with Gasteiger partial charge in [-0.25, -0.2) is 15.0 Å². The molecule has 2 aromatic heterocycles. The number of anilines is 3. The van der Waals surface area contributed by atoms with Crippen LogP contribution in [0.2, 0.25) is 0 Å². The summed E-state index contributed by atoms with van der Waals surface area (Å²) in [7, 11) is 3.59. The Labute approximate surface area is 147 Å². The van der Waals surface area contributed by atoms with E-state index in [0.717, 1.165) is 43.4 Å².